The van der Waals surface area contributed by atoms with Crippen LogP contribution in [0.5, 0.6) is 0 Å². The van der Waals surface area contributed by atoms with Gasteiger partial charge in [-0.15, -0.1) is 35.3 Å². The molecule has 0 unspecified atom stereocenters. The van der Waals surface area contributed by atoms with Gasteiger partial charge in [-0.05, 0) is 37.1 Å². The van der Waals surface area contributed by atoms with Gasteiger partial charge in [-0.2, -0.15) is 0 Å². The third kappa shape index (κ3) is 8.09. The van der Waals surface area contributed by atoms with Crippen LogP contribution in [0.25, 0.3) is 0 Å². The maximum atomic E-state index is 13.6. The molecule has 2 N–H and O–H groups in total. The van der Waals surface area contributed by atoms with Crippen molar-refractivity contribution in [1.29, 1.82) is 0 Å². The van der Waals surface area contributed by atoms with Crippen LogP contribution >= 0.6 is 35.3 Å². The van der Waals surface area contributed by atoms with Gasteiger partial charge in [0.2, 0.25) is 0 Å². The molecular weight excluding hydrogens is 502 g/mol. The summed E-state index contributed by atoms with van der Waals surface area (Å²) in [5.74, 6) is 0.0304. The molecule has 0 radical (unpaired) electrons. The second-order valence-electron chi connectivity index (χ2n) is 5.89. The lowest BCUT2D eigenvalue weighted by molar-refractivity contribution is 0.600. The number of nitrogens with zero attached hydrogens (tertiary/aromatic N) is 2. The van der Waals surface area contributed by atoms with Gasteiger partial charge in [-0.25, -0.2) is 22.8 Å². The minimum absolute atomic E-state index is 0. The van der Waals surface area contributed by atoms with Crippen LogP contribution in [0.3, 0.4) is 0 Å². The summed E-state index contributed by atoms with van der Waals surface area (Å²) >= 11 is 1.56. The maximum absolute atomic E-state index is 13.6. The molecule has 0 aliphatic heterocycles. The number of guanidine groups is 1. The molecule has 0 atom stereocenters. The number of rotatable bonds is 7. The lowest BCUT2D eigenvalue weighted by Crippen LogP contribution is -2.36. The average molecular weight is 526 g/mol. The molecular formula is C17H24FIN4O2S2. The van der Waals surface area contributed by atoms with Gasteiger partial charge in [0.25, 0.3) is 0 Å². The van der Waals surface area contributed by atoms with E-state index in [0.29, 0.717) is 30.2 Å². The number of hydrogen-bond acceptors (Lipinski definition) is 5. The number of benzene rings is 1. The summed E-state index contributed by atoms with van der Waals surface area (Å²) in [7, 11) is -3.21. The normalized spacial score (nSPS) is 11.8. The topological polar surface area (TPSA) is 83.5 Å². The van der Waals surface area contributed by atoms with Crippen LogP contribution in [-0.2, 0) is 28.7 Å². The third-order valence-corrected chi connectivity index (χ3v) is 5.37. The van der Waals surface area contributed by atoms with Crippen LogP contribution in [0.1, 0.15) is 28.6 Å². The van der Waals surface area contributed by atoms with Gasteiger partial charge in [-0.3, -0.25) is 0 Å². The summed E-state index contributed by atoms with van der Waals surface area (Å²) in [5.41, 5.74) is 3.88. The molecule has 0 amide bonds. The Kier molecular flexibility index (Phi) is 9.60. The first-order valence-electron chi connectivity index (χ1n) is 8.14. The highest BCUT2D eigenvalue weighted by Gasteiger charge is 2.11. The van der Waals surface area contributed by atoms with Crippen LogP contribution in [-0.4, -0.2) is 32.2 Å². The monoisotopic (exact) mass is 526 g/mol. The second-order valence-corrected chi connectivity index (χ2v) is 8.97. The molecule has 1 heterocycles. The zero-order valence-electron chi connectivity index (χ0n) is 15.5. The minimum atomic E-state index is -3.21. The van der Waals surface area contributed by atoms with E-state index in [1.807, 2.05) is 13.8 Å². The Bertz CT molecular complexity index is 885. The Balaban J connectivity index is 0.00000364. The van der Waals surface area contributed by atoms with Crippen molar-refractivity contribution in [3.63, 3.8) is 0 Å². The number of nitrogens with one attached hydrogen (secondary N) is 2. The summed E-state index contributed by atoms with van der Waals surface area (Å²) in [6.45, 7) is 5.34. The highest BCUT2D eigenvalue weighted by Crippen LogP contribution is 2.16. The standard InChI is InChI=1S/C17H23FN4O2S2.HI/c1-4-19-17(21-9-16-12(2)22-11-25-16)20-8-14-7-15(18)6-5-13(14)10-26(3,23)24;/h5-7,11H,4,8-10H2,1-3H3,(H2,19,20,21);1H. The average Bonchev–Trinajstić information content (AvgIpc) is 2.96. The van der Waals surface area contributed by atoms with Crippen LogP contribution in [0.2, 0.25) is 0 Å². The summed E-state index contributed by atoms with van der Waals surface area (Å²) < 4.78 is 36.8. The molecule has 150 valence electrons. The van der Waals surface area contributed by atoms with E-state index in [0.717, 1.165) is 16.8 Å². The van der Waals surface area contributed by atoms with E-state index in [2.05, 4.69) is 20.6 Å². The first-order valence-corrected chi connectivity index (χ1v) is 11.1. The summed E-state index contributed by atoms with van der Waals surface area (Å²) in [4.78, 5) is 9.78. The summed E-state index contributed by atoms with van der Waals surface area (Å²) in [6.07, 6.45) is 1.16. The number of thiazole rings is 1. The van der Waals surface area contributed by atoms with Crippen molar-refractivity contribution >= 4 is 51.1 Å². The van der Waals surface area contributed by atoms with Gasteiger partial charge < -0.3 is 10.6 Å². The molecule has 1 aromatic carbocycles. The van der Waals surface area contributed by atoms with E-state index in [1.165, 1.54) is 18.2 Å². The Hall–Kier alpha value is -1.27. The number of aromatic nitrogens is 1. The summed E-state index contributed by atoms with van der Waals surface area (Å²) in [5, 5.41) is 6.34. The third-order valence-electron chi connectivity index (χ3n) is 3.60. The minimum Gasteiger partial charge on any atom is -0.357 e. The molecule has 6 nitrogen and oxygen atoms in total. The fourth-order valence-electron chi connectivity index (χ4n) is 2.33. The van der Waals surface area contributed by atoms with Crippen LogP contribution in [0.15, 0.2) is 28.7 Å². The molecule has 1 aromatic heterocycles. The molecule has 10 heteroatoms. The molecule has 2 aromatic rings. The lowest BCUT2D eigenvalue weighted by atomic mass is 10.1. The smallest absolute Gasteiger partial charge is 0.191 e. The molecule has 0 fully saturated rings. The van der Waals surface area contributed by atoms with Crippen molar-refractivity contribution in [3.05, 3.63) is 51.2 Å². The fraction of sp³-hybridized carbons (Fsp3) is 0.412. The van der Waals surface area contributed by atoms with Gasteiger partial charge in [0.15, 0.2) is 15.8 Å². The lowest BCUT2D eigenvalue weighted by Gasteiger charge is -2.12. The van der Waals surface area contributed by atoms with Crippen molar-refractivity contribution < 1.29 is 12.8 Å². The van der Waals surface area contributed by atoms with E-state index in [1.54, 1.807) is 16.8 Å². The van der Waals surface area contributed by atoms with E-state index < -0.39 is 15.7 Å². The van der Waals surface area contributed by atoms with Crippen molar-refractivity contribution in [1.82, 2.24) is 15.6 Å². The van der Waals surface area contributed by atoms with Gasteiger partial charge in [0.05, 0.1) is 30.0 Å². The quantitative estimate of drug-likeness (QED) is 0.330. The van der Waals surface area contributed by atoms with Gasteiger partial charge in [-0.1, -0.05) is 6.07 Å². The van der Waals surface area contributed by atoms with Crippen LogP contribution in [0, 0.1) is 12.7 Å². The van der Waals surface area contributed by atoms with E-state index in [-0.39, 0.29) is 36.3 Å². The van der Waals surface area contributed by atoms with E-state index >= 15 is 0 Å². The Morgan fingerprint density at radius 3 is 2.63 bits per heavy atom. The Morgan fingerprint density at radius 1 is 1.30 bits per heavy atom. The second kappa shape index (κ2) is 10.9. The van der Waals surface area contributed by atoms with Crippen molar-refractivity contribution in [2.75, 3.05) is 12.8 Å². The molecule has 2 rings (SSSR count). The predicted octanol–water partition coefficient (Wildman–Crippen LogP) is 3.01. The first-order chi connectivity index (χ1) is 12.3. The molecule has 27 heavy (non-hydrogen) atoms. The molecule has 0 saturated carbocycles. The largest absolute Gasteiger partial charge is 0.357 e. The number of aryl methyl sites for hydroxylation is 1. The molecule has 0 aliphatic rings. The number of halogens is 2. The molecule has 0 bridgehead atoms. The number of hydrogen-bond donors (Lipinski definition) is 2. The number of aliphatic imine (C=N–C) groups is 1. The predicted molar refractivity (Wildman–Crippen MR) is 119 cm³/mol. The fourth-order valence-corrected chi connectivity index (χ4v) is 3.89. The van der Waals surface area contributed by atoms with Crippen molar-refractivity contribution in [2.45, 2.75) is 32.7 Å². The molecule has 0 spiro atoms. The van der Waals surface area contributed by atoms with Crippen molar-refractivity contribution in [3.8, 4) is 0 Å². The maximum Gasteiger partial charge on any atom is 0.191 e. The van der Waals surface area contributed by atoms with Crippen LogP contribution < -0.4 is 10.6 Å². The molecule has 0 aliphatic carbocycles. The first kappa shape index (κ1) is 23.8. The van der Waals surface area contributed by atoms with E-state index in [4.69, 9.17) is 0 Å². The highest BCUT2D eigenvalue weighted by atomic mass is 127. The summed E-state index contributed by atoms with van der Waals surface area (Å²) in [6, 6.07) is 4.10. The molecule has 0 saturated heterocycles. The van der Waals surface area contributed by atoms with Gasteiger partial charge in [0, 0.05) is 17.7 Å². The van der Waals surface area contributed by atoms with Crippen molar-refractivity contribution in [2.24, 2.45) is 4.99 Å². The van der Waals surface area contributed by atoms with Crippen LogP contribution in [0.4, 0.5) is 4.39 Å². The zero-order valence-corrected chi connectivity index (χ0v) is 19.4. The Labute approximate surface area is 180 Å². The Morgan fingerprint density at radius 2 is 2.04 bits per heavy atom. The highest BCUT2D eigenvalue weighted by molar-refractivity contribution is 14.0. The van der Waals surface area contributed by atoms with Gasteiger partial charge in [0.1, 0.15) is 5.82 Å². The van der Waals surface area contributed by atoms with E-state index in [9.17, 15) is 12.8 Å². The number of sulfone groups is 1. The zero-order chi connectivity index (χ0) is 19.2. The SMILES string of the molecule is CCNC(=NCc1cc(F)ccc1CS(C)(=O)=O)NCc1scnc1C.I. The van der Waals surface area contributed by atoms with Gasteiger partial charge >= 0.3 is 0 Å².